The molecular weight excluding hydrogens is 200 g/mol. The molecule has 0 aromatic heterocycles. The first-order valence-electron chi connectivity index (χ1n) is 4.78. The van der Waals surface area contributed by atoms with Gasteiger partial charge in [-0.1, -0.05) is 12.0 Å². The van der Waals surface area contributed by atoms with Crippen LogP contribution in [0.25, 0.3) is 10.4 Å². The number of cyclic esters (lactones) is 1. The molecule has 1 aliphatic rings. The number of carbonyl (C=O) groups excluding carboxylic acids is 1. The van der Waals surface area contributed by atoms with Gasteiger partial charge in [0.15, 0.2) is 0 Å². The van der Waals surface area contributed by atoms with Crippen molar-refractivity contribution in [2.45, 2.75) is 31.8 Å². The van der Waals surface area contributed by atoms with Crippen LogP contribution in [0, 0.1) is 0 Å². The van der Waals surface area contributed by atoms with Crippen molar-refractivity contribution in [2.75, 3.05) is 13.7 Å². The van der Waals surface area contributed by atoms with E-state index in [0.29, 0.717) is 19.4 Å². The lowest BCUT2D eigenvalue weighted by Crippen LogP contribution is -2.49. The van der Waals surface area contributed by atoms with Crippen molar-refractivity contribution >= 4 is 6.09 Å². The molecule has 1 heterocycles. The Labute approximate surface area is 87.5 Å². The second-order valence-electron chi connectivity index (χ2n) is 3.16. The molecule has 0 aliphatic carbocycles. The predicted octanol–water partition coefficient (Wildman–Crippen LogP) is 1.85. The zero-order chi connectivity index (χ0) is 11.3. The first-order valence-corrected chi connectivity index (χ1v) is 4.78. The summed E-state index contributed by atoms with van der Waals surface area (Å²) in [4.78, 5) is 19.0. The minimum Gasteiger partial charge on any atom is -0.448 e. The molecule has 0 spiro atoms. The number of azide groups is 1. The predicted molar refractivity (Wildman–Crippen MR) is 51.8 cm³/mol. The van der Waals surface area contributed by atoms with Crippen molar-refractivity contribution in [1.82, 2.24) is 5.06 Å². The number of carbonyl (C=O) groups is 1. The van der Waals surface area contributed by atoms with Crippen LogP contribution in [0.5, 0.6) is 0 Å². The molecule has 1 fully saturated rings. The fourth-order valence-electron chi connectivity index (χ4n) is 1.64. The average molecular weight is 214 g/mol. The number of ether oxygens (including phenoxy) is 1. The number of amides is 1. The van der Waals surface area contributed by atoms with Crippen LogP contribution >= 0.6 is 0 Å². The molecule has 0 saturated carbocycles. The Morgan fingerprint density at radius 1 is 1.87 bits per heavy atom. The van der Waals surface area contributed by atoms with E-state index in [0.717, 1.165) is 5.06 Å². The lowest BCUT2D eigenvalue weighted by molar-refractivity contribution is -0.162. The highest BCUT2D eigenvalue weighted by Crippen LogP contribution is 2.20. The zero-order valence-electron chi connectivity index (χ0n) is 8.79. The summed E-state index contributed by atoms with van der Waals surface area (Å²) in [6.07, 6.45) is 0.735. The van der Waals surface area contributed by atoms with Crippen LogP contribution in [0.4, 0.5) is 4.79 Å². The van der Waals surface area contributed by atoms with Gasteiger partial charge in [0.25, 0.3) is 0 Å². The first kappa shape index (κ1) is 11.6. The third kappa shape index (κ3) is 2.51. The first-order chi connectivity index (χ1) is 7.24. The maximum Gasteiger partial charge on any atom is 0.434 e. The van der Waals surface area contributed by atoms with Gasteiger partial charge in [0.2, 0.25) is 0 Å². The lowest BCUT2D eigenvalue weighted by atomic mass is 10.0. The molecule has 2 atom stereocenters. The second kappa shape index (κ2) is 5.43. The largest absolute Gasteiger partial charge is 0.448 e. The molecule has 0 aromatic rings. The van der Waals surface area contributed by atoms with E-state index in [1.54, 1.807) is 0 Å². The monoisotopic (exact) mass is 214 g/mol. The fraction of sp³-hybridized carbons (Fsp3) is 0.875. The van der Waals surface area contributed by atoms with Gasteiger partial charge >= 0.3 is 6.09 Å². The number of nitrogens with zero attached hydrogens (tertiary/aromatic N) is 4. The maximum absolute atomic E-state index is 11.3. The molecular formula is C8H14N4O3. The Morgan fingerprint density at radius 3 is 3.13 bits per heavy atom. The zero-order valence-corrected chi connectivity index (χ0v) is 8.79. The molecule has 0 unspecified atom stereocenters. The molecule has 0 N–H and O–H groups in total. The van der Waals surface area contributed by atoms with Gasteiger partial charge in [-0.05, 0) is 12.0 Å². The molecule has 1 aliphatic heterocycles. The van der Waals surface area contributed by atoms with Crippen LogP contribution in [0.3, 0.4) is 0 Å². The van der Waals surface area contributed by atoms with Gasteiger partial charge in [0.05, 0.1) is 25.8 Å². The third-order valence-electron chi connectivity index (χ3n) is 2.38. The summed E-state index contributed by atoms with van der Waals surface area (Å²) >= 11 is 0. The minimum absolute atomic E-state index is 0.239. The molecule has 7 nitrogen and oxygen atoms in total. The molecule has 0 bridgehead atoms. The Bertz CT molecular complexity index is 271. The number of rotatable bonds is 4. The number of hydrogen-bond donors (Lipinski definition) is 0. The van der Waals surface area contributed by atoms with Crippen molar-refractivity contribution in [1.29, 1.82) is 0 Å². The summed E-state index contributed by atoms with van der Waals surface area (Å²) in [5, 5.41) is 4.78. The molecule has 1 rings (SSSR count). The quantitative estimate of drug-likeness (QED) is 0.406. The van der Waals surface area contributed by atoms with E-state index < -0.39 is 6.09 Å². The second-order valence-corrected chi connectivity index (χ2v) is 3.16. The Hall–Kier alpha value is -1.46. The van der Waals surface area contributed by atoms with Gasteiger partial charge in [0.1, 0.15) is 0 Å². The molecule has 1 amide bonds. The fourth-order valence-corrected chi connectivity index (χ4v) is 1.64. The van der Waals surface area contributed by atoms with Crippen LogP contribution in [-0.4, -0.2) is 37.0 Å². The molecule has 15 heavy (non-hydrogen) atoms. The number of hydroxylamine groups is 2. The maximum atomic E-state index is 11.3. The summed E-state index contributed by atoms with van der Waals surface area (Å²) in [7, 11) is 1.39. The van der Waals surface area contributed by atoms with Crippen LogP contribution in [-0.2, 0) is 9.57 Å². The lowest BCUT2D eigenvalue weighted by Gasteiger charge is -2.35. The summed E-state index contributed by atoms with van der Waals surface area (Å²) in [6.45, 7) is 2.23. The normalized spacial score (nSPS) is 22.9. The van der Waals surface area contributed by atoms with E-state index in [1.807, 2.05) is 6.92 Å². The van der Waals surface area contributed by atoms with Gasteiger partial charge in [-0.2, -0.15) is 5.06 Å². The van der Waals surface area contributed by atoms with E-state index in [1.165, 1.54) is 7.11 Å². The van der Waals surface area contributed by atoms with Crippen LogP contribution in [0.2, 0.25) is 0 Å². The minimum atomic E-state index is -0.527. The highest BCUT2D eigenvalue weighted by Gasteiger charge is 2.34. The average Bonchev–Trinajstić information content (AvgIpc) is 2.25. The van der Waals surface area contributed by atoms with Gasteiger partial charge in [-0.3, -0.25) is 4.84 Å². The summed E-state index contributed by atoms with van der Waals surface area (Å²) in [5.74, 6) is 0. The van der Waals surface area contributed by atoms with Crippen molar-refractivity contribution in [3.63, 3.8) is 0 Å². The Balaban J connectivity index is 2.79. The Kier molecular flexibility index (Phi) is 4.20. The van der Waals surface area contributed by atoms with Gasteiger partial charge in [0, 0.05) is 11.3 Å². The SMILES string of the molecule is CC[C@@H](N=[N+]=[N-])[C@H]1CCOC(=O)N1OC. The van der Waals surface area contributed by atoms with Crippen molar-refractivity contribution < 1.29 is 14.4 Å². The van der Waals surface area contributed by atoms with Gasteiger partial charge in [-0.15, -0.1) is 0 Å². The summed E-state index contributed by atoms with van der Waals surface area (Å²) in [5.41, 5.74) is 8.41. The van der Waals surface area contributed by atoms with E-state index in [-0.39, 0.29) is 12.1 Å². The summed E-state index contributed by atoms with van der Waals surface area (Å²) < 4.78 is 4.81. The van der Waals surface area contributed by atoms with Crippen LogP contribution < -0.4 is 0 Å². The van der Waals surface area contributed by atoms with Crippen LogP contribution in [0.15, 0.2) is 5.11 Å². The smallest absolute Gasteiger partial charge is 0.434 e. The number of hydrogen-bond acceptors (Lipinski definition) is 4. The Morgan fingerprint density at radius 2 is 2.60 bits per heavy atom. The molecule has 0 radical (unpaired) electrons. The van der Waals surface area contributed by atoms with E-state index in [9.17, 15) is 4.79 Å². The molecule has 1 saturated heterocycles. The van der Waals surface area contributed by atoms with Crippen molar-refractivity contribution in [3.8, 4) is 0 Å². The molecule has 0 aromatic carbocycles. The topological polar surface area (TPSA) is 87.5 Å². The highest BCUT2D eigenvalue weighted by molar-refractivity contribution is 5.67. The highest BCUT2D eigenvalue weighted by atomic mass is 16.7. The molecule has 7 heteroatoms. The van der Waals surface area contributed by atoms with E-state index in [2.05, 4.69) is 10.0 Å². The third-order valence-corrected chi connectivity index (χ3v) is 2.38. The van der Waals surface area contributed by atoms with Crippen molar-refractivity contribution in [3.05, 3.63) is 10.4 Å². The van der Waals surface area contributed by atoms with Gasteiger partial charge in [-0.25, -0.2) is 4.79 Å². The summed E-state index contributed by atoms with van der Waals surface area (Å²) in [6, 6.07) is -0.514. The van der Waals surface area contributed by atoms with Crippen LogP contribution in [0.1, 0.15) is 19.8 Å². The van der Waals surface area contributed by atoms with E-state index >= 15 is 0 Å². The molecule has 84 valence electrons. The van der Waals surface area contributed by atoms with Crippen molar-refractivity contribution in [2.24, 2.45) is 5.11 Å². The standard InChI is InChI=1S/C8H14N4O3/c1-3-6(10-11-9)7-4-5-15-8(13)12(7)14-2/h6-7H,3-5H2,1-2H3/t6-,7-/m1/s1. The van der Waals surface area contributed by atoms with Gasteiger partial charge < -0.3 is 4.74 Å². The van der Waals surface area contributed by atoms with E-state index in [4.69, 9.17) is 15.1 Å².